The molecule has 4 heteroatoms. The molecule has 0 aliphatic heterocycles. The summed E-state index contributed by atoms with van der Waals surface area (Å²) in [5.41, 5.74) is 0. The van der Waals surface area contributed by atoms with Crippen molar-refractivity contribution in [3.63, 3.8) is 0 Å². The fraction of sp³-hybridized carbons (Fsp3) is 0.583. The predicted molar refractivity (Wildman–Crippen MR) is 60.9 cm³/mol. The summed E-state index contributed by atoms with van der Waals surface area (Å²) >= 11 is 0. The van der Waals surface area contributed by atoms with Crippen molar-refractivity contribution in [2.24, 2.45) is 0 Å². The lowest BCUT2D eigenvalue weighted by Gasteiger charge is -2.17. The highest BCUT2D eigenvalue weighted by molar-refractivity contribution is 5.81. The van der Waals surface area contributed by atoms with Gasteiger partial charge >= 0.3 is 0 Å². The molecule has 1 aliphatic carbocycles. The molecule has 1 heterocycles. The number of amides is 1. The molecule has 2 rings (SSSR count). The first kappa shape index (κ1) is 11.2. The van der Waals surface area contributed by atoms with Gasteiger partial charge in [-0.3, -0.25) is 10.1 Å². The van der Waals surface area contributed by atoms with Crippen molar-refractivity contribution in [1.29, 1.82) is 0 Å². The molecule has 2 N–H and O–H groups in total. The van der Waals surface area contributed by atoms with Gasteiger partial charge in [0.15, 0.2) is 0 Å². The Balaban J connectivity index is 1.81. The summed E-state index contributed by atoms with van der Waals surface area (Å²) in [6.07, 6.45) is 3.88. The van der Waals surface area contributed by atoms with E-state index in [4.69, 9.17) is 4.42 Å². The minimum atomic E-state index is -0.194. The van der Waals surface area contributed by atoms with Crippen LogP contribution in [0.3, 0.4) is 0 Å². The van der Waals surface area contributed by atoms with Crippen LogP contribution in [0.15, 0.2) is 22.8 Å². The molecule has 0 spiro atoms. The number of hydrogen-bond donors (Lipinski definition) is 2. The lowest BCUT2D eigenvalue weighted by atomic mass is 10.2. The van der Waals surface area contributed by atoms with Crippen LogP contribution in [0.2, 0.25) is 0 Å². The lowest BCUT2D eigenvalue weighted by molar-refractivity contribution is -0.123. The Morgan fingerprint density at radius 2 is 2.25 bits per heavy atom. The van der Waals surface area contributed by atoms with E-state index in [0.717, 1.165) is 18.6 Å². The smallest absolute Gasteiger partial charge is 0.237 e. The van der Waals surface area contributed by atoms with E-state index in [0.29, 0.717) is 6.04 Å². The van der Waals surface area contributed by atoms with E-state index in [1.165, 1.54) is 0 Å². The molecule has 0 saturated heterocycles. The van der Waals surface area contributed by atoms with Gasteiger partial charge in [-0.25, -0.2) is 0 Å². The van der Waals surface area contributed by atoms with Crippen LogP contribution in [-0.2, 0) is 4.79 Å². The van der Waals surface area contributed by atoms with Gasteiger partial charge in [0.1, 0.15) is 5.76 Å². The molecule has 0 aromatic carbocycles. The molecular formula is C12H18N2O2. The summed E-state index contributed by atoms with van der Waals surface area (Å²) in [4.78, 5) is 11.7. The zero-order valence-electron chi connectivity index (χ0n) is 9.69. The number of furan rings is 1. The van der Waals surface area contributed by atoms with Crippen molar-refractivity contribution in [2.45, 2.75) is 44.8 Å². The average Bonchev–Trinajstić information content (AvgIpc) is 2.89. The van der Waals surface area contributed by atoms with Gasteiger partial charge in [0.05, 0.1) is 18.3 Å². The normalized spacial score (nSPS) is 19.1. The van der Waals surface area contributed by atoms with Crippen LogP contribution in [0.4, 0.5) is 0 Å². The van der Waals surface area contributed by atoms with E-state index in [1.807, 2.05) is 26.0 Å². The maximum atomic E-state index is 11.7. The standard InChI is InChI=1S/C12H18N2O2/c1-8(11-4-3-7-16-11)13-9(2)12(15)14-10-5-6-10/h3-4,7-10,13H,5-6H2,1-2H3,(H,14,15)/t8-,9?/m0/s1. The van der Waals surface area contributed by atoms with Crippen LogP contribution in [0.1, 0.15) is 38.5 Å². The zero-order valence-corrected chi connectivity index (χ0v) is 9.69. The summed E-state index contributed by atoms with van der Waals surface area (Å²) in [6.45, 7) is 3.86. The highest BCUT2D eigenvalue weighted by atomic mass is 16.3. The summed E-state index contributed by atoms with van der Waals surface area (Å²) in [5, 5.41) is 6.18. The Morgan fingerprint density at radius 1 is 1.50 bits per heavy atom. The third-order valence-electron chi connectivity index (χ3n) is 2.79. The van der Waals surface area contributed by atoms with Crippen molar-refractivity contribution in [3.8, 4) is 0 Å². The molecule has 1 aromatic heterocycles. The summed E-state index contributed by atoms with van der Waals surface area (Å²) < 4.78 is 5.28. The summed E-state index contributed by atoms with van der Waals surface area (Å²) in [5.74, 6) is 0.923. The van der Waals surface area contributed by atoms with Gasteiger partial charge in [-0.2, -0.15) is 0 Å². The first-order valence-electron chi connectivity index (χ1n) is 5.76. The fourth-order valence-electron chi connectivity index (χ4n) is 1.62. The van der Waals surface area contributed by atoms with Gasteiger partial charge in [0.25, 0.3) is 0 Å². The first-order valence-corrected chi connectivity index (χ1v) is 5.76. The van der Waals surface area contributed by atoms with Crippen LogP contribution in [0, 0.1) is 0 Å². The molecule has 4 nitrogen and oxygen atoms in total. The molecule has 1 fully saturated rings. The molecule has 1 unspecified atom stereocenters. The molecular weight excluding hydrogens is 204 g/mol. The molecule has 0 radical (unpaired) electrons. The minimum absolute atomic E-state index is 0.0509. The van der Waals surface area contributed by atoms with Crippen molar-refractivity contribution in [3.05, 3.63) is 24.2 Å². The van der Waals surface area contributed by atoms with Gasteiger partial charge in [0, 0.05) is 6.04 Å². The Kier molecular flexibility index (Phi) is 3.29. The van der Waals surface area contributed by atoms with E-state index >= 15 is 0 Å². The largest absolute Gasteiger partial charge is 0.468 e. The fourth-order valence-corrected chi connectivity index (χ4v) is 1.62. The van der Waals surface area contributed by atoms with E-state index < -0.39 is 0 Å². The van der Waals surface area contributed by atoms with Crippen molar-refractivity contribution >= 4 is 5.91 Å². The van der Waals surface area contributed by atoms with E-state index in [1.54, 1.807) is 6.26 Å². The van der Waals surface area contributed by atoms with Gasteiger partial charge in [-0.15, -0.1) is 0 Å². The van der Waals surface area contributed by atoms with Crippen LogP contribution < -0.4 is 10.6 Å². The number of nitrogens with one attached hydrogen (secondary N) is 2. The second-order valence-corrected chi connectivity index (χ2v) is 4.41. The maximum Gasteiger partial charge on any atom is 0.237 e. The quantitative estimate of drug-likeness (QED) is 0.795. The Bertz CT molecular complexity index is 344. The second-order valence-electron chi connectivity index (χ2n) is 4.41. The van der Waals surface area contributed by atoms with Crippen molar-refractivity contribution in [1.82, 2.24) is 10.6 Å². The topological polar surface area (TPSA) is 54.3 Å². The lowest BCUT2D eigenvalue weighted by Crippen LogP contribution is -2.43. The molecule has 2 atom stereocenters. The van der Waals surface area contributed by atoms with E-state index in [-0.39, 0.29) is 18.0 Å². The summed E-state index contributed by atoms with van der Waals surface area (Å²) in [6, 6.07) is 4.03. The number of carbonyl (C=O) groups excluding carboxylic acids is 1. The van der Waals surface area contributed by atoms with Gasteiger partial charge in [0.2, 0.25) is 5.91 Å². The Labute approximate surface area is 95.4 Å². The van der Waals surface area contributed by atoms with Crippen LogP contribution >= 0.6 is 0 Å². The van der Waals surface area contributed by atoms with Gasteiger partial charge in [-0.1, -0.05) is 0 Å². The maximum absolute atomic E-state index is 11.7. The highest BCUT2D eigenvalue weighted by Crippen LogP contribution is 2.19. The average molecular weight is 222 g/mol. The molecule has 16 heavy (non-hydrogen) atoms. The summed E-state index contributed by atoms with van der Waals surface area (Å²) in [7, 11) is 0. The zero-order chi connectivity index (χ0) is 11.5. The van der Waals surface area contributed by atoms with Crippen molar-refractivity contribution < 1.29 is 9.21 Å². The van der Waals surface area contributed by atoms with Gasteiger partial charge < -0.3 is 9.73 Å². The van der Waals surface area contributed by atoms with Crippen LogP contribution in [0.25, 0.3) is 0 Å². The van der Waals surface area contributed by atoms with E-state index in [9.17, 15) is 4.79 Å². The van der Waals surface area contributed by atoms with Gasteiger partial charge in [-0.05, 0) is 38.8 Å². The molecule has 1 saturated carbocycles. The van der Waals surface area contributed by atoms with Crippen LogP contribution in [-0.4, -0.2) is 18.0 Å². The Hall–Kier alpha value is -1.29. The molecule has 0 bridgehead atoms. The second kappa shape index (κ2) is 4.70. The van der Waals surface area contributed by atoms with Crippen molar-refractivity contribution in [2.75, 3.05) is 0 Å². The van der Waals surface area contributed by atoms with Crippen LogP contribution in [0.5, 0.6) is 0 Å². The highest BCUT2D eigenvalue weighted by Gasteiger charge is 2.26. The predicted octanol–water partition coefficient (Wildman–Crippen LogP) is 1.60. The Morgan fingerprint density at radius 3 is 2.81 bits per heavy atom. The van der Waals surface area contributed by atoms with E-state index in [2.05, 4.69) is 10.6 Å². The third-order valence-corrected chi connectivity index (χ3v) is 2.79. The number of rotatable bonds is 5. The molecule has 88 valence electrons. The third kappa shape index (κ3) is 2.85. The molecule has 1 aliphatic rings. The molecule has 1 aromatic rings. The number of carbonyl (C=O) groups is 1. The monoisotopic (exact) mass is 222 g/mol. The SMILES string of the molecule is CC(N[C@@H](C)c1ccco1)C(=O)NC1CC1. The minimum Gasteiger partial charge on any atom is -0.468 e. The number of hydrogen-bond acceptors (Lipinski definition) is 3. The first-order chi connectivity index (χ1) is 7.66. The molecule has 1 amide bonds.